The maximum absolute atomic E-state index is 10.7. The Balaban J connectivity index is 0.000000331. The fourth-order valence-corrected chi connectivity index (χ4v) is 0.654. The van der Waals surface area contributed by atoms with Crippen LogP contribution in [0.2, 0.25) is 0 Å². The molecule has 0 aliphatic rings. The van der Waals surface area contributed by atoms with Gasteiger partial charge in [-0.25, -0.2) is 0 Å². The minimum Gasteiger partial charge on any atom is -0.393 e. The zero-order valence-electron chi connectivity index (χ0n) is 8.46. The van der Waals surface area contributed by atoms with Crippen molar-refractivity contribution < 1.29 is 31.1 Å². The van der Waals surface area contributed by atoms with Gasteiger partial charge < -0.3 is 5.73 Å². The van der Waals surface area contributed by atoms with Crippen molar-refractivity contribution in [1.29, 1.82) is 0 Å². The summed E-state index contributed by atoms with van der Waals surface area (Å²) in [5.74, 6) is 0. The van der Waals surface area contributed by atoms with Crippen LogP contribution in [0.3, 0.4) is 0 Å². The first-order chi connectivity index (χ1) is 7.97. The average molecular weight is 288 g/mol. The number of hydrogen-bond donors (Lipinski definition) is 2. The van der Waals surface area contributed by atoms with Gasteiger partial charge >= 0.3 is 15.6 Å². The van der Waals surface area contributed by atoms with Gasteiger partial charge in [0.2, 0.25) is 0 Å². The van der Waals surface area contributed by atoms with Gasteiger partial charge in [-0.1, -0.05) is 12.1 Å². The van der Waals surface area contributed by atoms with E-state index in [9.17, 15) is 23.3 Å². The number of alkyl halides is 3. The van der Waals surface area contributed by atoms with Crippen LogP contribution in [0.5, 0.6) is 0 Å². The van der Waals surface area contributed by atoms with Crippen molar-refractivity contribution in [1.82, 2.24) is 0 Å². The van der Waals surface area contributed by atoms with Crippen LogP contribution in [-0.2, 0) is 10.1 Å². The molecule has 0 aliphatic heterocycles. The number of para-hydroxylation sites is 2. The number of nitro benzene ring substituents is 1. The highest BCUT2D eigenvalue weighted by Crippen LogP contribution is 2.20. The van der Waals surface area contributed by atoms with Crippen molar-refractivity contribution in [3.05, 3.63) is 34.4 Å². The number of hydrogen-bond acceptors (Lipinski definition) is 5. The Labute approximate surface area is 98.9 Å². The molecule has 0 radical (unpaired) electrons. The Hall–Kier alpha value is -1.88. The lowest BCUT2D eigenvalue weighted by Crippen LogP contribution is -2.21. The summed E-state index contributed by atoms with van der Waals surface area (Å²) in [4.78, 5) is 9.64. The number of rotatable bonds is 1. The van der Waals surface area contributed by atoms with E-state index in [-0.39, 0.29) is 11.4 Å². The Morgan fingerprint density at radius 1 is 1.28 bits per heavy atom. The number of nitrogen functional groups attached to an aromatic ring is 1. The van der Waals surface area contributed by atoms with Gasteiger partial charge in [0.25, 0.3) is 5.69 Å². The summed E-state index contributed by atoms with van der Waals surface area (Å²) in [6.45, 7) is 0. The fraction of sp³-hybridized carbons (Fsp3) is 0.143. The molecule has 0 amide bonds. The van der Waals surface area contributed by atoms with Gasteiger partial charge in [0.15, 0.2) is 0 Å². The van der Waals surface area contributed by atoms with Crippen molar-refractivity contribution in [2.45, 2.75) is 5.51 Å². The predicted molar refractivity (Wildman–Crippen MR) is 55.1 cm³/mol. The standard InChI is InChI=1S/C6H6N2O2.CHF3O3S/c7-5-3-1-2-4-6(5)8(9)10;2-1(3,4)8(5,6)7/h1-4H,7H2;(H,5,6,7). The van der Waals surface area contributed by atoms with Gasteiger partial charge in [0.05, 0.1) is 4.92 Å². The largest absolute Gasteiger partial charge is 0.522 e. The monoisotopic (exact) mass is 288 g/mol. The third-order valence-electron chi connectivity index (χ3n) is 1.43. The smallest absolute Gasteiger partial charge is 0.393 e. The highest BCUT2D eigenvalue weighted by Gasteiger charge is 2.44. The summed E-state index contributed by atoms with van der Waals surface area (Å²) in [5.41, 5.74) is -0.0929. The lowest BCUT2D eigenvalue weighted by atomic mass is 10.3. The molecule has 0 saturated carbocycles. The first-order valence-electron chi connectivity index (χ1n) is 3.99. The Bertz CT molecular complexity index is 528. The SMILES string of the molecule is Nc1ccccc1[N+](=O)[O-].O=S(=O)(O)C(F)(F)F. The summed E-state index contributed by atoms with van der Waals surface area (Å²) in [6.07, 6.45) is 0. The van der Waals surface area contributed by atoms with E-state index >= 15 is 0 Å². The van der Waals surface area contributed by atoms with E-state index in [0.29, 0.717) is 0 Å². The van der Waals surface area contributed by atoms with Crippen LogP contribution in [0.4, 0.5) is 24.5 Å². The van der Waals surface area contributed by atoms with Crippen molar-refractivity contribution in [3.8, 4) is 0 Å². The molecule has 102 valence electrons. The molecule has 0 aliphatic carbocycles. The lowest BCUT2D eigenvalue weighted by Gasteiger charge is -1.97. The van der Waals surface area contributed by atoms with E-state index in [1.54, 1.807) is 12.1 Å². The molecule has 0 unspecified atom stereocenters. The van der Waals surface area contributed by atoms with E-state index in [0.717, 1.165) is 0 Å². The number of anilines is 1. The third-order valence-corrected chi connectivity index (χ3v) is 2.01. The maximum atomic E-state index is 10.7. The molecular formula is C7H7F3N2O5S. The van der Waals surface area contributed by atoms with Crippen LogP contribution in [0.25, 0.3) is 0 Å². The van der Waals surface area contributed by atoms with Crippen LogP contribution < -0.4 is 5.73 Å². The summed E-state index contributed by atoms with van der Waals surface area (Å²) in [6, 6.07) is 6.10. The van der Waals surface area contributed by atoms with Crippen LogP contribution in [0.15, 0.2) is 24.3 Å². The third kappa shape index (κ3) is 4.97. The molecule has 7 nitrogen and oxygen atoms in total. The predicted octanol–water partition coefficient (Wildman–Crippen LogP) is 1.57. The van der Waals surface area contributed by atoms with E-state index < -0.39 is 20.5 Å². The lowest BCUT2D eigenvalue weighted by molar-refractivity contribution is -0.383. The second-order valence-corrected chi connectivity index (χ2v) is 4.15. The maximum Gasteiger partial charge on any atom is 0.522 e. The highest BCUT2D eigenvalue weighted by molar-refractivity contribution is 7.86. The molecule has 11 heteroatoms. The van der Waals surface area contributed by atoms with Crippen molar-refractivity contribution in [2.24, 2.45) is 0 Å². The quantitative estimate of drug-likeness (QED) is 0.266. The molecule has 0 spiro atoms. The molecule has 0 atom stereocenters. The number of halogens is 3. The topological polar surface area (TPSA) is 124 Å². The molecule has 1 aromatic carbocycles. The zero-order valence-corrected chi connectivity index (χ0v) is 9.27. The minimum absolute atomic E-state index is 0.0394. The van der Waals surface area contributed by atoms with Gasteiger partial charge in [-0.3, -0.25) is 14.7 Å². The highest BCUT2D eigenvalue weighted by atomic mass is 32.2. The molecular weight excluding hydrogens is 281 g/mol. The summed E-state index contributed by atoms with van der Waals surface area (Å²) >= 11 is 0. The van der Waals surface area contributed by atoms with Crippen LogP contribution in [-0.4, -0.2) is 23.4 Å². The van der Waals surface area contributed by atoms with E-state index in [4.69, 9.17) is 18.7 Å². The molecule has 0 fully saturated rings. The van der Waals surface area contributed by atoms with Gasteiger partial charge in [-0.2, -0.15) is 21.6 Å². The van der Waals surface area contributed by atoms with Crippen LogP contribution in [0, 0.1) is 10.1 Å². The van der Waals surface area contributed by atoms with E-state index in [2.05, 4.69) is 0 Å². The van der Waals surface area contributed by atoms with Gasteiger partial charge in [0.1, 0.15) is 5.69 Å². The zero-order chi connectivity index (χ0) is 14.6. The van der Waals surface area contributed by atoms with Crippen molar-refractivity contribution >= 4 is 21.5 Å². The number of benzene rings is 1. The van der Waals surface area contributed by atoms with Gasteiger partial charge in [-0.05, 0) is 6.07 Å². The van der Waals surface area contributed by atoms with Crippen molar-refractivity contribution in [2.75, 3.05) is 5.73 Å². The Morgan fingerprint density at radius 3 is 1.89 bits per heavy atom. The van der Waals surface area contributed by atoms with Crippen LogP contribution in [0.1, 0.15) is 0 Å². The Kier molecular flexibility index (Phi) is 5.05. The normalized spacial score (nSPS) is 11.3. The number of nitrogens with zero attached hydrogens (tertiary/aromatic N) is 1. The van der Waals surface area contributed by atoms with Gasteiger partial charge in [-0.15, -0.1) is 0 Å². The van der Waals surface area contributed by atoms with E-state index in [1.807, 2.05) is 0 Å². The van der Waals surface area contributed by atoms with Gasteiger partial charge in [0, 0.05) is 6.07 Å². The first kappa shape index (κ1) is 16.1. The molecule has 0 aromatic heterocycles. The molecule has 18 heavy (non-hydrogen) atoms. The number of nitro groups is 1. The second kappa shape index (κ2) is 5.64. The summed E-state index contributed by atoms with van der Waals surface area (Å²) in [7, 11) is -5.84. The molecule has 1 aromatic rings. The molecule has 3 N–H and O–H groups in total. The summed E-state index contributed by atoms with van der Waals surface area (Å²) < 4.78 is 57.5. The van der Waals surface area contributed by atoms with E-state index in [1.165, 1.54) is 12.1 Å². The van der Waals surface area contributed by atoms with Crippen molar-refractivity contribution in [3.63, 3.8) is 0 Å². The molecule has 1 rings (SSSR count). The second-order valence-electron chi connectivity index (χ2n) is 2.74. The Morgan fingerprint density at radius 2 is 1.67 bits per heavy atom. The minimum atomic E-state index is -5.84. The molecule has 0 bridgehead atoms. The average Bonchev–Trinajstić information content (AvgIpc) is 2.15. The van der Waals surface area contributed by atoms with Crippen LogP contribution >= 0.6 is 0 Å². The first-order valence-corrected chi connectivity index (χ1v) is 5.43. The molecule has 0 heterocycles. The number of nitrogens with two attached hydrogens (primary N) is 1. The fourth-order valence-electron chi connectivity index (χ4n) is 0.654. The molecule has 0 saturated heterocycles. The summed E-state index contributed by atoms with van der Waals surface area (Å²) in [5, 5.41) is 10.1.